The smallest absolute Gasteiger partial charge is 0.330 e. The number of amides is 5. The van der Waals surface area contributed by atoms with Gasteiger partial charge in [0.05, 0.1) is 18.7 Å². The number of carbonyl (C=O) groups is 5. The molecule has 0 unspecified atom stereocenters. The quantitative estimate of drug-likeness (QED) is 0.0886. The summed E-state index contributed by atoms with van der Waals surface area (Å²) in [6, 6.07) is 2.78. The number of aliphatic carboxylic acids is 1. The standard InChI is InChI=1S/C37H51N9O10/c1-20(45(2)30(49)17-38)31(33(51)40-19-23-16-28(47)34(56-23)46-13-12-29(48)43-37(46)55)44-32(50)26(14-21-8-4-3-5-9-21)41-36(54)42-27(35(52)53)15-22-18-39-25-11-7-6-10-24(22)25/h6-7,10-13,18,20-21,23,26-28,31,34,39,47H,3-5,8-9,14-17,19,38H2,1-2H3,(H,40,51)(H,44,50)(H,52,53)(H2,41,42,54)(H,43,48,55)/t20-,23+,26-,27-,28+,31-,34+/m0/s1. The van der Waals surface area contributed by atoms with E-state index in [-0.39, 0.29) is 38.3 Å². The summed E-state index contributed by atoms with van der Waals surface area (Å²) >= 11 is 0. The predicted molar refractivity (Wildman–Crippen MR) is 202 cm³/mol. The van der Waals surface area contributed by atoms with Crippen molar-refractivity contribution in [3.63, 3.8) is 0 Å². The Bertz CT molecular complexity index is 1990. The highest BCUT2D eigenvalue weighted by atomic mass is 16.5. The average molecular weight is 782 g/mol. The van der Waals surface area contributed by atoms with E-state index in [0.717, 1.165) is 53.6 Å². The number of rotatable bonds is 16. The van der Waals surface area contributed by atoms with Crippen molar-refractivity contribution in [3.8, 4) is 0 Å². The molecule has 1 saturated carbocycles. The lowest BCUT2D eigenvalue weighted by Crippen LogP contribution is -2.62. The molecule has 1 saturated heterocycles. The number of aliphatic hydroxyl groups excluding tert-OH is 1. The first-order chi connectivity index (χ1) is 26.7. The van der Waals surface area contributed by atoms with Gasteiger partial charge in [-0.3, -0.25) is 28.7 Å². The Labute approximate surface area is 321 Å². The molecule has 5 amide bonds. The average Bonchev–Trinajstić information content (AvgIpc) is 3.77. The summed E-state index contributed by atoms with van der Waals surface area (Å²) in [5.74, 6) is -3.14. The van der Waals surface area contributed by atoms with E-state index < -0.39 is 83.6 Å². The molecular formula is C37H51N9O10. The summed E-state index contributed by atoms with van der Waals surface area (Å²) in [7, 11) is 1.43. The maximum atomic E-state index is 14.1. The molecule has 19 nitrogen and oxygen atoms in total. The van der Waals surface area contributed by atoms with Crippen LogP contribution in [0.15, 0.2) is 52.3 Å². The third-order valence-electron chi connectivity index (χ3n) is 10.7. The maximum absolute atomic E-state index is 14.1. The first kappa shape index (κ1) is 41.6. The van der Waals surface area contributed by atoms with Crippen molar-refractivity contribution in [2.75, 3.05) is 20.1 Å². The van der Waals surface area contributed by atoms with Crippen molar-refractivity contribution in [1.82, 2.24) is 40.7 Å². The van der Waals surface area contributed by atoms with Crippen LogP contribution >= 0.6 is 0 Å². The Morgan fingerprint density at radius 2 is 1.73 bits per heavy atom. The first-order valence-electron chi connectivity index (χ1n) is 18.8. The fraction of sp³-hybridized carbons (Fsp3) is 0.541. The number of carbonyl (C=O) groups excluding carboxylic acids is 4. The molecular weight excluding hydrogens is 730 g/mol. The number of para-hydroxylation sites is 1. The zero-order valence-corrected chi connectivity index (χ0v) is 31.4. The third kappa shape index (κ3) is 10.4. The number of carboxylic acids is 1. The number of likely N-dealkylation sites (N-methyl/N-ethyl adjacent to an activating group) is 1. The van der Waals surface area contributed by atoms with Crippen LogP contribution in [0.5, 0.6) is 0 Å². The van der Waals surface area contributed by atoms with Gasteiger partial charge < -0.3 is 51.8 Å². The van der Waals surface area contributed by atoms with Gasteiger partial charge in [0.25, 0.3) is 5.56 Å². The Balaban J connectivity index is 1.30. The molecule has 0 bridgehead atoms. The molecule has 0 spiro atoms. The Kier molecular flexibility index (Phi) is 14.0. The molecule has 7 atom stereocenters. The number of ether oxygens (including phenoxy) is 1. The number of hydrogen-bond acceptors (Lipinski definition) is 10. The molecule has 2 aliphatic rings. The number of nitrogens with zero attached hydrogens (tertiary/aromatic N) is 2. The number of aromatic nitrogens is 3. The summed E-state index contributed by atoms with van der Waals surface area (Å²) in [6.07, 6.45) is 4.60. The lowest BCUT2D eigenvalue weighted by molar-refractivity contribution is -0.139. The molecule has 1 aromatic carbocycles. The Hall–Kier alpha value is -5.53. The molecule has 2 aromatic heterocycles. The minimum atomic E-state index is -1.36. The van der Waals surface area contributed by atoms with Crippen molar-refractivity contribution >= 4 is 40.6 Å². The van der Waals surface area contributed by atoms with E-state index >= 15 is 0 Å². The zero-order chi connectivity index (χ0) is 40.5. The minimum absolute atomic E-state index is 0.0226. The second kappa shape index (κ2) is 18.9. The number of nitrogens with one attached hydrogen (secondary N) is 6. The van der Waals surface area contributed by atoms with Crippen molar-refractivity contribution in [2.24, 2.45) is 11.7 Å². The second-order valence-electron chi connectivity index (χ2n) is 14.5. The van der Waals surface area contributed by atoms with Gasteiger partial charge in [-0.25, -0.2) is 14.4 Å². The Morgan fingerprint density at radius 1 is 1.02 bits per heavy atom. The van der Waals surface area contributed by atoms with Crippen molar-refractivity contribution in [3.05, 3.63) is 69.1 Å². The molecule has 56 heavy (non-hydrogen) atoms. The number of nitrogens with two attached hydrogens (primary N) is 1. The number of H-pyrrole nitrogens is 2. The molecule has 3 aromatic rings. The van der Waals surface area contributed by atoms with Crippen LogP contribution in [0.2, 0.25) is 0 Å². The molecule has 10 N–H and O–H groups in total. The van der Waals surface area contributed by atoms with Gasteiger partial charge in [-0.1, -0.05) is 50.3 Å². The molecule has 1 aliphatic carbocycles. The predicted octanol–water partition coefficient (Wildman–Crippen LogP) is -0.593. The van der Waals surface area contributed by atoms with Crippen LogP contribution in [0.4, 0.5) is 4.79 Å². The molecule has 5 rings (SSSR count). The molecule has 0 radical (unpaired) electrons. The monoisotopic (exact) mass is 781 g/mol. The van der Waals surface area contributed by atoms with Crippen LogP contribution in [0.1, 0.15) is 63.7 Å². The van der Waals surface area contributed by atoms with Crippen molar-refractivity contribution < 1.29 is 38.9 Å². The largest absolute Gasteiger partial charge is 0.480 e. The van der Waals surface area contributed by atoms with E-state index in [2.05, 4.69) is 31.2 Å². The van der Waals surface area contributed by atoms with E-state index in [1.54, 1.807) is 13.1 Å². The van der Waals surface area contributed by atoms with Gasteiger partial charge >= 0.3 is 17.7 Å². The van der Waals surface area contributed by atoms with E-state index in [1.807, 2.05) is 24.3 Å². The summed E-state index contributed by atoms with van der Waals surface area (Å²) in [5, 5.41) is 32.0. The lowest BCUT2D eigenvalue weighted by Gasteiger charge is -2.33. The van der Waals surface area contributed by atoms with E-state index in [4.69, 9.17) is 10.5 Å². The van der Waals surface area contributed by atoms with E-state index in [9.17, 15) is 43.8 Å². The summed E-state index contributed by atoms with van der Waals surface area (Å²) in [5.41, 5.74) is 5.69. The van der Waals surface area contributed by atoms with Crippen LogP contribution in [0, 0.1) is 5.92 Å². The summed E-state index contributed by atoms with van der Waals surface area (Å²) in [6.45, 7) is 1.03. The molecule has 2 fully saturated rings. The van der Waals surface area contributed by atoms with Gasteiger partial charge in [0.2, 0.25) is 17.7 Å². The van der Waals surface area contributed by atoms with Crippen LogP contribution in [-0.4, -0.2) is 116 Å². The van der Waals surface area contributed by atoms with E-state index in [0.29, 0.717) is 5.56 Å². The first-order valence-corrected chi connectivity index (χ1v) is 18.8. The van der Waals surface area contributed by atoms with Gasteiger partial charge in [0.15, 0.2) is 6.23 Å². The number of fused-ring (bicyclic) bond motifs is 1. The Morgan fingerprint density at radius 3 is 2.43 bits per heavy atom. The topological polar surface area (TPSA) is 283 Å². The highest BCUT2D eigenvalue weighted by molar-refractivity contribution is 5.93. The van der Waals surface area contributed by atoms with Gasteiger partial charge in [-0.2, -0.15) is 0 Å². The number of urea groups is 1. The van der Waals surface area contributed by atoms with Crippen LogP contribution < -0.4 is 38.2 Å². The molecule has 3 heterocycles. The summed E-state index contributed by atoms with van der Waals surface area (Å²) in [4.78, 5) is 96.5. The second-order valence-corrected chi connectivity index (χ2v) is 14.5. The maximum Gasteiger partial charge on any atom is 0.330 e. The lowest BCUT2D eigenvalue weighted by atomic mass is 9.84. The normalized spacial score (nSPS) is 20.7. The van der Waals surface area contributed by atoms with Crippen LogP contribution in [0.25, 0.3) is 10.9 Å². The SMILES string of the molecule is C[C@@H]([C@H](NC(=O)[C@H](CC1CCCCC1)NC(=O)N[C@@H](Cc1c[nH]c2ccccc12)C(=O)O)C(=O)NC[C@H]1C[C@@H](O)[C@H](n2ccc(=O)[nH]c2=O)O1)N(C)C(=O)CN. The fourth-order valence-corrected chi connectivity index (χ4v) is 7.38. The highest BCUT2D eigenvalue weighted by Crippen LogP contribution is 2.29. The molecule has 19 heteroatoms. The number of carboxylic acid groups (broad SMARTS) is 1. The van der Waals surface area contributed by atoms with Gasteiger partial charge in [0.1, 0.15) is 24.2 Å². The van der Waals surface area contributed by atoms with Crippen LogP contribution in [-0.2, 0) is 30.3 Å². The van der Waals surface area contributed by atoms with Gasteiger partial charge in [0, 0.05) is 55.8 Å². The number of hydrogen-bond donors (Lipinski definition) is 9. The third-order valence-corrected chi connectivity index (χ3v) is 10.7. The van der Waals surface area contributed by atoms with Gasteiger partial charge in [-0.15, -0.1) is 0 Å². The minimum Gasteiger partial charge on any atom is -0.480 e. The van der Waals surface area contributed by atoms with Crippen molar-refractivity contribution in [2.45, 2.75) is 101 Å². The highest BCUT2D eigenvalue weighted by Gasteiger charge is 2.38. The van der Waals surface area contributed by atoms with Crippen LogP contribution in [0.3, 0.4) is 0 Å². The summed E-state index contributed by atoms with van der Waals surface area (Å²) < 4.78 is 6.86. The number of aliphatic hydroxyl groups is 1. The molecule has 1 aliphatic heterocycles. The number of aromatic amines is 2. The van der Waals surface area contributed by atoms with Crippen molar-refractivity contribution in [1.29, 1.82) is 0 Å². The number of benzene rings is 1. The zero-order valence-electron chi connectivity index (χ0n) is 31.4. The van der Waals surface area contributed by atoms with Gasteiger partial charge in [-0.05, 0) is 30.9 Å². The fourth-order valence-electron chi connectivity index (χ4n) is 7.38. The molecule has 304 valence electrons. The van der Waals surface area contributed by atoms with E-state index in [1.165, 1.54) is 18.1 Å².